The van der Waals surface area contributed by atoms with Gasteiger partial charge in [0.2, 0.25) is 0 Å². The molecule has 0 aliphatic rings. The Balaban J connectivity index is 2.58. The van der Waals surface area contributed by atoms with E-state index in [0.717, 1.165) is 0 Å². The molecule has 1 aromatic carbocycles. The molecule has 0 aliphatic heterocycles. The monoisotopic (exact) mass is 359 g/mol. The first kappa shape index (κ1) is 20.0. The molecule has 0 saturated carbocycles. The third-order valence-corrected chi connectivity index (χ3v) is 3.87. The second-order valence-electron chi connectivity index (χ2n) is 5.85. The minimum atomic E-state index is -1.56. The number of halogens is 2. The van der Waals surface area contributed by atoms with Crippen LogP contribution in [-0.2, 0) is 4.79 Å². The molecule has 1 amide bonds. The lowest BCUT2D eigenvalue weighted by Crippen LogP contribution is -2.32. The Morgan fingerprint density at radius 3 is 2.48 bits per heavy atom. The molecule has 0 bridgehead atoms. The van der Waals surface area contributed by atoms with E-state index in [1.54, 1.807) is 6.07 Å². The SMILES string of the molecule is CC(C)C[C@H](CC(=O)CNC(=O)c1cc(Cl)ccc1Cl)B(O)O. The zero-order valence-electron chi connectivity index (χ0n) is 13.1. The van der Waals surface area contributed by atoms with Gasteiger partial charge in [-0.2, -0.15) is 0 Å². The first-order valence-electron chi connectivity index (χ1n) is 7.31. The van der Waals surface area contributed by atoms with Crippen molar-refractivity contribution in [3.05, 3.63) is 33.8 Å². The summed E-state index contributed by atoms with van der Waals surface area (Å²) in [4.78, 5) is 23.9. The highest BCUT2D eigenvalue weighted by Gasteiger charge is 2.26. The highest BCUT2D eigenvalue weighted by molar-refractivity contribution is 6.43. The topological polar surface area (TPSA) is 86.6 Å². The quantitative estimate of drug-likeness (QED) is 0.622. The van der Waals surface area contributed by atoms with Crippen LogP contribution in [0.1, 0.15) is 37.0 Å². The summed E-state index contributed by atoms with van der Waals surface area (Å²) in [6, 6.07) is 4.48. The molecule has 1 rings (SSSR count). The molecule has 8 heteroatoms. The van der Waals surface area contributed by atoms with Gasteiger partial charge in [0, 0.05) is 17.3 Å². The summed E-state index contributed by atoms with van der Waals surface area (Å²) in [5, 5.41) is 21.7. The van der Waals surface area contributed by atoms with Crippen LogP contribution in [0.3, 0.4) is 0 Å². The average Bonchev–Trinajstić information content (AvgIpc) is 2.46. The number of amides is 1. The molecule has 126 valence electrons. The summed E-state index contributed by atoms with van der Waals surface area (Å²) in [6.45, 7) is 3.66. The summed E-state index contributed by atoms with van der Waals surface area (Å²) in [7, 11) is -1.56. The number of hydrogen-bond acceptors (Lipinski definition) is 4. The lowest BCUT2D eigenvalue weighted by Gasteiger charge is -2.17. The fraction of sp³-hybridized carbons (Fsp3) is 0.467. The highest BCUT2D eigenvalue weighted by Crippen LogP contribution is 2.23. The third-order valence-electron chi connectivity index (χ3n) is 3.30. The molecule has 0 saturated heterocycles. The van der Waals surface area contributed by atoms with Crippen LogP contribution in [0, 0.1) is 5.92 Å². The second-order valence-corrected chi connectivity index (χ2v) is 6.70. The highest BCUT2D eigenvalue weighted by atomic mass is 35.5. The van der Waals surface area contributed by atoms with Gasteiger partial charge in [-0.05, 0) is 30.5 Å². The molecule has 0 spiro atoms. The minimum Gasteiger partial charge on any atom is -0.427 e. The maximum absolute atomic E-state index is 12.0. The van der Waals surface area contributed by atoms with E-state index in [0.29, 0.717) is 11.4 Å². The molecule has 1 aromatic rings. The van der Waals surface area contributed by atoms with Crippen molar-refractivity contribution in [1.82, 2.24) is 5.32 Å². The molecule has 3 N–H and O–H groups in total. The van der Waals surface area contributed by atoms with Crippen molar-refractivity contribution in [1.29, 1.82) is 0 Å². The van der Waals surface area contributed by atoms with Gasteiger partial charge in [-0.25, -0.2) is 0 Å². The van der Waals surface area contributed by atoms with Crippen LogP contribution in [0.15, 0.2) is 18.2 Å². The Labute approximate surface area is 146 Å². The van der Waals surface area contributed by atoms with Crippen molar-refractivity contribution in [3.8, 4) is 0 Å². The van der Waals surface area contributed by atoms with Gasteiger partial charge in [0.05, 0.1) is 17.1 Å². The Bertz CT molecular complexity index is 566. The van der Waals surface area contributed by atoms with Crippen LogP contribution >= 0.6 is 23.2 Å². The summed E-state index contributed by atoms with van der Waals surface area (Å²) in [5.41, 5.74) is 0.188. The number of nitrogens with one attached hydrogen (secondary N) is 1. The van der Waals surface area contributed by atoms with Crippen LogP contribution in [0.4, 0.5) is 0 Å². The van der Waals surface area contributed by atoms with Crippen molar-refractivity contribution in [2.75, 3.05) is 6.54 Å². The third kappa shape index (κ3) is 6.91. The van der Waals surface area contributed by atoms with Gasteiger partial charge in [-0.1, -0.05) is 37.0 Å². The molecular formula is C15H20BCl2NO4. The second kappa shape index (κ2) is 9.28. The van der Waals surface area contributed by atoms with Gasteiger partial charge in [0.15, 0.2) is 5.78 Å². The van der Waals surface area contributed by atoms with E-state index in [4.69, 9.17) is 23.2 Å². The van der Waals surface area contributed by atoms with Gasteiger partial charge in [-0.15, -0.1) is 0 Å². The van der Waals surface area contributed by atoms with Gasteiger partial charge >= 0.3 is 7.12 Å². The van der Waals surface area contributed by atoms with E-state index in [9.17, 15) is 19.6 Å². The molecule has 0 aliphatic carbocycles. The zero-order chi connectivity index (χ0) is 17.6. The largest absolute Gasteiger partial charge is 0.455 e. The maximum Gasteiger partial charge on any atom is 0.455 e. The standard InChI is InChI=1S/C15H20BCl2NO4/c1-9(2)5-10(16(22)23)6-12(20)8-19-15(21)13-7-11(17)3-4-14(13)18/h3-4,7,9-10,22-23H,5-6,8H2,1-2H3,(H,19,21)/t10-/m1/s1. The van der Waals surface area contributed by atoms with Crippen molar-refractivity contribution in [2.45, 2.75) is 32.5 Å². The molecule has 23 heavy (non-hydrogen) atoms. The lowest BCUT2D eigenvalue weighted by molar-refractivity contribution is -0.118. The van der Waals surface area contributed by atoms with Crippen LogP contribution < -0.4 is 5.32 Å². The summed E-state index contributed by atoms with van der Waals surface area (Å²) < 4.78 is 0. The Kier molecular flexibility index (Phi) is 8.05. The van der Waals surface area contributed by atoms with E-state index >= 15 is 0 Å². The molecule has 0 aromatic heterocycles. The van der Waals surface area contributed by atoms with E-state index < -0.39 is 18.8 Å². The summed E-state index contributed by atoms with van der Waals surface area (Å²) >= 11 is 11.7. The Morgan fingerprint density at radius 2 is 1.91 bits per heavy atom. The number of rotatable bonds is 8. The molecule has 0 unspecified atom stereocenters. The van der Waals surface area contributed by atoms with Gasteiger partial charge in [-0.3, -0.25) is 9.59 Å². The fourth-order valence-electron chi connectivity index (χ4n) is 2.23. The summed E-state index contributed by atoms with van der Waals surface area (Å²) in [6.07, 6.45) is 0.497. The predicted octanol–water partition coefficient (Wildman–Crippen LogP) is 2.57. The number of carbonyl (C=O) groups is 2. The van der Waals surface area contributed by atoms with Gasteiger partial charge in [0.25, 0.3) is 5.91 Å². The smallest absolute Gasteiger partial charge is 0.427 e. The fourth-order valence-corrected chi connectivity index (χ4v) is 2.60. The first-order chi connectivity index (χ1) is 10.7. The zero-order valence-corrected chi connectivity index (χ0v) is 14.6. The number of ketones is 1. The average molecular weight is 360 g/mol. The molecule has 0 radical (unpaired) electrons. The van der Waals surface area contributed by atoms with E-state index in [-0.39, 0.29) is 35.3 Å². The number of Topliss-reactive ketones (excluding diaryl/α,β-unsaturated/α-hetero) is 1. The van der Waals surface area contributed by atoms with Crippen molar-refractivity contribution in [2.24, 2.45) is 5.92 Å². The van der Waals surface area contributed by atoms with Crippen LogP contribution in [0.25, 0.3) is 0 Å². The molecule has 1 atom stereocenters. The molecular weight excluding hydrogens is 340 g/mol. The normalized spacial score (nSPS) is 12.1. The maximum atomic E-state index is 12.0. The van der Waals surface area contributed by atoms with Crippen molar-refractivity contribution in [3.63, 3.8) is 0 Å². The molecule has 5 nitrogen and oxygen atoms in total. The molecule has 0 heterocycles. The van der Waals surface area contributed by atoms with Crippen LogP contribution in [-0.4, -0.2) is 35.4 Å². The Hall–Kier alpha value is -1.08. The van der Waals surface area contributed by atoms with E-state index in [1.165, 1.54) is 12.1 Å². The van der Waals surface area contributed by atoms with Crippen molar-refractivity contribution >= 4 is 42.0 Å². The van der Waals surface area contributed by atoms with E-state index in [2.05, 4.69) is 5.32 Å². The van der Waals surface area contributed by atoms with Crippen LogP contribution in [0.5, 0.6) is 0 Å². The predicted molar refractivity (Wildman–Crippen MR) is 91.8 cm³/mol. The van der Waals surface area contributed by atoms with Crippen LogP contribution in [0.2, 0.25) is 15.9 Å². The Morgan fingerprint density at radius 1 is 1.26 bits per heavy atom. The van der Waals surface area contributed by atoms with Gasteiger partial charge < -0.3 is 15.4 Å². The number of hydrogen-bond donors (Lipinski definition) is 3. The lowest BCUT2D eigenvalue weighted by atomic mass is 9.66. The van der Waals surface area contributed by atoms with Gasteiger partial charge in [0.1, 0.15) is 0 Å². The summed E-state index contributed by atoms with van der Waals surface area (Å²) in [5.74, 6) is -1.10. The molecule has 0 fully saturated rings. The first-order valence-corrected chi connectivity index (χ1v) is 8.07. The number of benzene rings is 1. The van der Waals surface area contributed by atoms with Crippen molar-refractivity contribution < 1.29 is 19.6 Å². The van der Waals surface area contributed by atoms with E-state index in [1.807, 2.05) is 13.8 Å². The minimum absolute atomic E-state index is 0.0145. The number of carbonyl (C=O) groups excluding carboxylic acids is 2.